The zero-order valence-corrected chi connectivity index (χ0v) is 9.53. The Morgan fingerprint density at radius 1 is 1.62 bits per heavy atom. The molecule has 1 aromatic rings. The molecular weight excluding hydrogens is 202 g/mol. The van der Waals surface area contributed by atoms with E-state index in [9.17, 15) is 0 Å². The Labute approximate surface area is 95.3 Å². The van der Waals surface area contributed by atoms with Crippen molar-refractivity contribution in [2.75, 3.05) is 6.54 Å². The second-order valence-corrected chi connectivity index (χ2v) is 4.23. The van der Waals surface area contributed by atoms with E-state index in [1.807, 2.05) is 13.0 Å². The van der Waals surface area contributed by atoms with Crippen LogP contribution in [0.2, 0.25) is 0 Å². The molecule has 1 aliphatic heterocycles. The Bertz CT molecular complexity index is 425. The fourth-order valence-corrected chi connectivity index (χ4v) is 1.87. The van der Waals surface area contributed by atoms with E-state index < -0.39 is 0 Å². The predicted molar refractivity (Wildman–Crippen MR) is 60.2 cm³/mol. The molecule has 2 atom stereocenters. The van der Waals surface area contributed by atoms with Gasteiger partial charge in [0, 0.05) is 31.3 Å². The summed E-state index contributed by atoms with van der Waals surface area (Å²) in [5.74, 6) is 0.609. The van der Waals surface area contributed by atoms with Crippen molar-refractivity contribution in [3.63, 3.8) is 0 Å². The average molecular weight is 217 g/mol. The van der Waals surface area contributed by atoms with Gasteiger partial charge in [-0.25, -0.2) is 4.98 Å². The van der Waals surface area contributed by atoms with Crippen molar-refractivity contribution in [1.82, 2.24) is 10.3 Å². The van der Waals surface area contributed by atoms with Crippen molar-refractivity contribution in [3.8, 4) is 11.9 Å². The molecule has 1 saturated heterocycles. The van der Waals surface area contributed by atoms with Crippen LogP contribution in [0.25, 0.3) is 0 Å². The van der Waals surface area contributed by atoms with Crippen LogP contribution in [0.4, 0.5) is 0 Å². The van der Waals surface area contributed by atoms with Crippen LogP contribution in [0, 0.1) is 18.3 Å². The lowest BCUT2D eigenvalue weighted by atomic mass is 10.2. The smallest absolute Gasteiger partial charge is 0.213 e. The second-order valence-electron chi connectivity index (χ2n) is 4.23. The molecule has 0 aromatic carbocycles. The van der Waals surface area contributed by atoms with Gasteiger partial charge in [-0.1, -0.05) is 0 Å². The number of aryl methyl sites for hydroxylation is 1. The van der Waals surface area contributed by atoms with E-state index in [-0.39, 0.29) is 6.10 Å². The van der Waals surface area contributed by atoms with Crippen LogP contribution >= 0.6 is 0 Å². The fraction of sp³-hybridized carbons (Fsp3) is 0.500. The molecule has 0 bridgehead atoms. The molecule has 1 aromatic heterocycles. The van der Waals surface area contributed by atoms with Gasteiger partial charge in [0.2, 0.25) is 5.88 Å². The van der Waals surface area contributed by atoms with Gasteiger partial charge in [0.1, 0.15) is 12.2 Å². The standard InChI is InChI=1S/C12H15N3O/c1-8-3-12(15-6-10(8)5-13)16-11-4-9(2)14-7-11/h3,6,9,11,14H,4,7H2,1-2H3/t9-,11+/m0/s1. The summed E-state index contributed by atoms with van der Waals surface area (Å²) in [6.07, 6.45) is 2.76. The summed E-state index contributed by atoms with van der Waals surface area (Å²) in [6.45, 7) is 4.89. The maximum absolute atomic E-state index is 8.79. The van der Waals surface area contributed by atoms with Crippen LogP contribution in [-0.4, -0.2) is 23.7 Å². The van der Waals surface area contributed by atoms with Gasteiger partial charge >= 0.3 is 0 Å². The van der Waals surface area contributed by atoms with Gasteiger partial charge in [-0.2, -0.15) is 5.26 Å². The number of nitriles is 1. The highest BCUT2D eigenvalue weighted by Gasteiger charge is 2.22. The van der Waals surface area contributed by atoms with Crippen LogP contribution < -0.4 is 10.1 Å². The van der Waals surface area contributed by atoms with E-state index in [0.717, 1.165) is 18.5 Å². The van der Waals surface area contributed by atoms with E-state index in [2.05, 4.69) is 23.3 Å². The molecular formula is C12H15N3O. The quantitative estimate of drug-likeness (QED) is 0.813. The molecule has 2 rings (SSSR count). The summed E-state index contributed by atoms with van der Waals surface area (Å²) in [4.78, 5) is 4.13. The topological polar surface area (TPSA) is 57.9 Å². The molecule has 84 valence electrons. The highest BCUT2D eigenvalue weighted by Crippen LogP contribution is 2.17. The summed E-state index contributed by atoms with van der Waals surface area (Å²) in [5, 5.41) is 12.1. The van der Waals surface area contributed by atoms with Crippen molar-refractivity contribution in [1.29, 1.82) is 5.26 Å². The first-order chi connectivity index (χ1) is 7.69. The number of nitrogens with one attached hydrogen (secondary N) is 1. The maximum Gasteiger partial charge on any atom is 0.213 e. The number of nitrogens with zero attached hydrogens (tertiary/aromatic N) is 2. The van der Waals surface area contributed by atoms with E-state index in [4.69, 9.17) is 10.00 Å². The molecule has 0 unspecified atom stereocenters. The molecule has 0 aliphatic carbocycles. The van der Waals surface area contributed by atoms with Crippen LogP contribution in [0.5, 0.6) is 5.88 Å². The van der Waals surface area contributed by atoms with Crippen LogP contribution in [-0.2, 0) is 0 Å². The summed E-state index contributed by atoms with van der Waals surface area (Å²) >= 11 is 0. The predicted octanol–water partition coefficient (Wildman–Crippen LogP) is 1.39. The number of pyridine rings is 1. The number of hydrogen-bond acceptors (Lipinski definition) is 4. The molecule has 4 nitrogen and oxygen atoms in total. The van der Waals surface area contributed by atoms with Crippen molar-refractivity contribution in [3.05, 3.63) is 23.4 Å². The minimum absolute atomic E-state index is 0.190. The van der Waals surface area contributed by atoms with E-state index in [1.54, 1.807) is 6.20 Å². The molecule has 1 aliphatic rings. The lowest BCUT2D eigenvalue weighted by Crippen LogP contribution is -2.21. The van der Waals surface area contributed by atoms with E-state index in [1.165, 1.54) is 0 Å². The summed E-state index contributed by atoms with van der Waals surface area (Å²) in [7, 11) is 0. The largest absolute Gasteiger partial charge is 0.473 e. The Morgan fingerprint density at radius 2 is 2.44 bits per heavy atom. The fourth-order valence-electron chi connectivity index (χ4n) is 1.87. The van der Waals surface area contributed by atoms with E-state index in [0.29, 0.717) is 17.5 Å². The highest BCUT2D eigenvalue weighted by atomic mass is 16.5. The molecule has 1 N–H and O–H groups in total. The average Bonchev–Trinajstić information content (AvgIpc) is 2.64. The van der Waals surface area contributed by atoms with Gasteiger partial charge in [-0.3, -0.25) is 0 Å². The first-order valence-electron chi connectivity index (χ1n) is 5.46. The van der Waals surface area contributed by atoms with Crippen LogP contribution in [0.1, 0.15) is 24.5 Å². The molecule has 2 heterocycles. The zero-order chi connectivity index (χ0) is 11.5. The minimum atomic E-state index is 0.190. The Balaban J connectivity index is 2.05. The van der Waals surface area contributed by atoms with Gasteiger partial charge in [-0.15, -0.1) is 0 Å². The van der Waals surface area contributed by atoms with E-state index >= 15 is 0 Å². The third-order valence-electron chi connectivity index (χ3n) is 2.80. The van der Waals surface area contributed by atoms with Gasteiger partial charge in [0.25, 0.3) is 0 Å². The normalized spacial score (nSPS) is 24.1. The number of ether oxygens (including phenoxy) is 1. The number of aromatic nitrogens is 1. The Morgan fingerprint density at radius 3 is 3.00 bits per heavy atom. The molecule has 0 amide bonds. The molecule has 4 heteroatoms. The number of hydrogen-bond donors (Lipinski definition) is 1. The van der Waals surface area contributed by atoms with Crippen molar-refractivity contribution in [2.45, 2.75) is 32.4 Å². The third kappa shape index (κ3) is 2.31. The van der Waals surface area contributed by atoms with Gasteiger partial charge in [0.15, 0.2) is 0 Å². The molecule has 0 radical (unpaired) electrons. The zero-order valence-electron chi connectivity index (χ0n) is 9.53. The minimum Gasteiger partial charge on any atom is -0.473 e. The van der Waals surface area contributed by atoms with Crippen molar-refractivity contribution < 1.29 is 4.74 Å². The Hall–Kier alpha value is -1.60. The molecule has 0 spiro atoms. The second kappa shape index (κ2) is 4.50. The number of rotatable bonds is 2. The lowest BCUT2D eigenvalue weighted by molar-refractivity contribution is 0.211. The monoisotopic (exact) mass is 217 g/mol. The van der Waals surface area contributed by atoms with Crippen molar-refractivity contribution >= 4 is 0 Å². The van der Waals surface area contributed by atoms with Gasteiger partial charge < -0.3 is 10.1 Å². The summed E-state index contributed by atoms with van der Waals surface area (Å²) < 4.78 is 5.74. The third-order valence-corrected chi connectivity index (χ3v) is 2.80. The molecule has 0 saturated carbocycles. The first-order valence-corrected chi connectivity index (χ1v) is 5.46. The van der Waals surface area contributed by atoms with Crippen LogP contribution in [0.3, 0.4) is 0 Å². The van der Waals surface area contributed by atoms with Crippen LogP contribution in [0.15, 0.2) is 12.3 Å². The summed E-state index contributed by atoms with van der Waals surface area (Å²) in [5.41, 5.74) is 1.51. The van der Waals surface area contributed by atoms with Gasteiger partial charge in [0.05, 0.1) is 5.56 Å². The first kappa shape index (κ1) is 10.9. The summed E-state index contributed by atoms with van der Waals surface area (Å²) in [6, 6.07) is 4.42. The molecule has 16 heavy (non-hydrogen) atoms. The maximum atomic E-state index is 8.79. The van der Waals surface area contributed by atoms with Gasteiger partial charge in [-0.05, 0) is 19.4 Å². The molecule has 1 fully saturated rings. The van der Waals surface area contributed by atoms with Crippen molar-refractivity contribution in [2.24, 2.45) is 0 Å². The SMILES string of the molecule is Cc1cc(O[C@H]2CN[C@@H](C)C2)ncc1C#N. The highest BCUT2D eigenvalue weighted by molar-refractivity contribution is 5.37. The lowest BCUT2D eigenvalue weighted by Gasteiger charge is -2.12. The Kier molecular flexibility index (Phi) is 3.07.